The monoisotopic (exact) mass is 390 g/mol. The number of benzene rings is 2. The molecular formula is C20H20ClFN2O3. The van der Waals surface area contributed by atoms with Gasteiger partial charge in [0, 0.05) is 24.1 Å². The molecule has 0 aliphatic carbocycles. The molecular weight excluding hydrogens is 371 g/mol. The Kier molecular flexibility index (Phi) is 5.96. The van der Waals surface area contributed by atoms with Gasteiger partial charge >= 0.3 is 5.97 Å². The molecule has 1 N–H and O–H groups in total. The van der Waals surface area contributed by atoms with Crippen LogP contribution in [0.2, 0.25) is 5.02 Å². The summed E-state index contributed by atoms with van der Waals surface area (Å²) in [6.45, 7) is 1.91. The summed E-state index contributed by atoms with van der Waals surface area (Å²) in [4.78, 5) is 10.7. The Hall–Kier alpha value is -2.60. The smallest absolute Gasteiger partial charge is 0.303 e. The van der Waals surface area contributed by atoms with Gasteiger partial charge in [-0.2, -0.15) is 5.10 Å². The van der Waals surface area contributed by atoms with Crippen LogP contribution in [-0.2, 0) is 11.2 Å². The van der Waals surface area contributed by atoms with Crippen LogP contribution in [0.5, 0.6) is 5.75 Å². The minimum absolute atomic E-state index is 0.0318. The first-order chi connectivity index (χ1) is 13.0. The lowest BCUT2D eigenvalue weighted by Crippen LogP contribution is -2.32. The second kappa shape index (κ2) is 8.39. The quantitative estimate of drug-likeness (QED) is 0.758. The van der Waals surface area contributed by atoms with Gasteiger partial charge in [-0.15, -0.1) is 0 Å². The average Bonchev–Trinajstić information content (AvgIpc) is 3.11. The van der Waals surface area contributed by atoms with Crippen LogP contribution in [0.25, 0.3) is 0 Å². The highest BCUT2D eigenvalue weighted by Gasteiger charge is 2.24. The number of halogens is 2. The van der Waals surface area contributed by atoms with Gasteiger partial charge in [0.25, 0.3) is 0 Å². The second-order valence-corrected chi connectivity index (χ2v) is 6.81. The number of carbonyl (C=O) groups is 1. The molecule has 7 heteroatoms. The molecule has 1 aliphatic rings. The molecule has 1 heterocycles. The standard InChI is InChI=1S/C20H20ClFN2O3/c1-13-14(3-9-19(25)26)2-8-18(20(13)22)27-12-17-10-11-23-24(17)16-6-4-15(21)5-7-16/h2,4-8,11,17H,3,9-10,12H2,1H3,(H,25,26). The molecule has 0 aromatic heterocycles. The Balaban J connectivity index is 1.66. The van der Waals surface area contributed by atoms with E-state index in [2.05, 4.69) is 5.10 Å². The third-order valence-corrected chi connectivity index (χ3v) is 4.78. The van der Waals surface area contributed by atoms with E-state index in [0.29, 0.717) is 29.0 Å². The second-order valence-electron chi connectivity index (χ2n) is 6.38. The Morgan fingerprint density at radius 2 is 2.07 bits per heavy atom. The van der Waals surface area contributed by atoms with Crippen LogP contribution in [-0.4, -0.2) is 29.9 Å². The molecule has 3 rings (SSSR count). The molecule has 2 aromatic rings. The molecule has 27 heavy (non-hydrogen) atoms. The number of nitrogens with zero attached hydrogens (tertiary/aromatic N) is 2. The molecule has 0 bridgehead atoms. The normalized spacial score (nSPS) is 16.0. The van der Waals surface area contributed by atoms with E-state index in [1.807, 2.05) is 17.1 Å². The van der Waals surface area contributed by atoms with Crippen molar-refractivity contribution in [3.8, 4) is 5.75 Å². The largest absolute Gasteiger partial charge is 0.488 e. The number of rotatable bonds is 7. The number of aryl methyl sites for hydroxylation is 1. The fourth-order valence-corrected chi connectivity index (χ4v) is 3.10. The molecule has 0 fully saturated rings. The maximum atomic E-state index is 14.6. The number of hydrazone groups is 1. The van der Waals surface area contributed by atoms with E-state index in [1.165, 1.54) is 0 Å². The van der Waals surface area contributed by atoms with Crippen molar-refractivity contribution in [2.24, 2.45) is 5.10 Å². The highest BCUT2D eigenvalue weighted by molar-refractivity contribution is 6.30. The number of hydrogen-bond acceptors (Lipinski definition) is 4. The van der Waals surface area contributed by atoms with Crippen LogP contribution in [0, 0.1) is 12.7 Å². The van der Waals surface area contributed by atoms with Gasteiger partial charge < -0.3 is 9.84 Å². The van der Waals surface area contributed by atoms with Crippen molar-refractivity contribution >= 4 is 29.5 Å². The predicted molar refractivity (Wildman–Crippen MR) is 103 cm³/mol. The van der Waals surface area contributed by atoms with Gasteiger partial charge in [-0.3, -0.25) is 9.80 Å². The van der Waals surface area contributed by atoms with Gasteiger partial charge in [0.05, 0.1) is 11.7 Å². The van der Waals surface area contributed by atoms with E-state index in [-0.39, 0.29) is 24.8 Å². The molecule has 1 atom stereocenters. The van der Waals surface area contributed by atoms with Crippen LogP contribution in [0.1, 0.15) is 24.0 Å². The number of carboxylic acid groups (broad SMARTS) is 1. The van der Waals surface area contributed by atoms with Crippen LogP contribution >= 0.6 is 11.6 Å². The van der Waals surface area contributed by atoms with Crippen molar-refractivity contribution < 1.29 is 19.0 Å². The van der Waals surface area contributed by atoms with Crippen molar-refractivity contribution in [1.29, 1.82) is 0 Å². The topological polar surface area (TPSA) is 62.1 Å². The van der Waals surface area contributed by atoms with Gasteiger partial charge in [-0.05, 0) is 54.8 Å². The van der Waals surface area contributed by atoms with Gasteiger partial charge in [-0.25, -0.2) is 4.39 Å². The molecule has 1 unspecified atom stereocenters. The van der Waals surface area contributed by atoms with Crippen LogP contribution in [0.3, 0.4) is 0 Å². The molecule has 0 saturated heterocycles. The van der Waals surface area contributed by atoms with Crippen molar-refractivity contribution in [2.75, 3.05) is 11.6 Å². The number of hydrogen-bond donors (Lipinski definition) is 1. The molecule has 1 aliphatic heterocycles. The summed E-state index contributed by atoms with van der Waals surface area (Å²) >= 11 is 5.92. The number of aliphatic carboxylic acids is 1. The molecule has 0 radical (unpaired) electrons. The van der Waals surface area contributed by atoms with E-state index in [0.717, 1.165) is 5.69 Å². The summed E-state index contributed by atoms with van der Waals surface area (Å²) in [6, 6.07) is 10.6. The fourth-order valence-electron chi connectivity index (χ4n) is 2.97. The minimum atomic E-state index is -0.904. The zero-order valence-electron chi connectivity index (χ0n) is 14.9. The lowest BCUT2D eigenvalue weighted by atomic mass is 10.0. The Labute approximate surface area is 162 Å². The van der Waals surface area contributed by atoms with Crippen molar-refractivity contribution in [3.05, 3.63) is 58.4 Å². The summed E-state index contributed by atoms with van der Waals surface area (Å²) in [5.41, 5.74) is 1.99. The Morgan fingerprint density at radius 3 is 2.78 bits per heavy atom. The molecule has 5 nitrogen and oxygen atoms in total. The third-order valence-electron chi connectivity index (χ3n) is 4.52. The van der Waals surface area contributed by atoms with Crippen molar-refractivity contribution in [2.45, 2.75) is 32.2 Å². The number of anilines is 1. The lowest BCUT2D eigenvalue weighted by Gasteiger charge is -2.24. The molecule has 142 valence electrons. The molecule has 0 saturated carbocycles. The van der Waals surface area contributed by atoms with Crippen LogP contribution in [0.15, 0.2) is 41.5 Å². The highest BCUT2D eigenvalue weighted by Crippen LogP contribution is 2.27. The zero-order valence-corrected chi connectivity index (χ0v) is 15.6. The molecule has 2 aromatic carbocycles. The summed E-state index contributed by atoms with van der Waals surface area (Å²) in [5.74, 6) is -1.19. The summed E-state index contributed by atoms with van der Waals surface area (Å²) in [6.07, 6.45) is 2.76. The van der Waals surface area contributed by atoms with Gasteiger partial charge in [0.1, 0.15) is 6.61 Å². The average molecular weight is 391 g/mol. The Bertz CT molecular complexity index is 855. The predicted octanol–water partition coefficient (Wildman–Crippen LogP) is 4.45. The van der Waals surface area contributed by atoms with Crippen LogP contribution in [0.4, 0.5) is 10.1 Å². The maximum Gasteiger partial charge on any atom is 0.303 e. The van der Waals surface area contributed by atoms with Gasteiger partial charge in [0.15, 0.2) is 11.6 Å². The highest BCUT2D eigenvalue weighted by atomic mass is 35.5. The van der Waals surface area contributed by atoms with E-state index < -0.39 is 11.8 Å². The van der Waals surface area contributed by atoms with Crippen molar-refractivity contribution in [3.63, 3.8) is 0 Å². The maximum absolute atomic E-state index is 14.6. The van der Waals surface area contributed by atoms with Gasteiger partial charge in [0.2, 0.25) is 0 Å². The summed E-state index contributed by atoms with van der Waals surface area (Å²) < 4.78 is 20.3. The van der Waals surface area contributed by atoms with E-state index in [4.69, 9.17) is 21.4 Å². The fraction of sp³-hybridized carbons (Fsp3) is 0.300. The van der Waals surface area contributed by atoms with Crippen LogP contribution < -0.4 is 9.75 Å². The minimum Gasteiger partial charge on any atom is -0.488 e. The van der Waals surface area contributed by atoms with Crippen molar-refractivity contribution in [1.82, 2.24) is 0 Å². The number of carboxylic acids is 1. The number of ether oxygens (including phenoxy) is 1. The van der Waals surface area contributed by atoms with E-state index >= 15 is 0 Å². The first-order valence-electron chi connectivity index (χ1n) is 8.65. The Morgan fingerprint density at radius 1 is 1.33 bits per heavy atom. The van der Waals surface area contributed by atoms with Gasteiger partial charge in [-0.1, -0.05) is 17.7 Å². The molecule has 0 spiro atoms. The summed E-state index contributed by atoms with van der Waals surface area (Å²) in [7, 11) is 0. The summed E-state index contributed by atoms with van der Waals surface area (Å²) in [5, 5.41) is 15.6. The lowest BCUT2D eigenvalue weighted by molar-refractivity contribution is -0.136. The SMILES string of the molecule is Cc1c(CCC(=O)O)ccc(OCC2CC=NN2c2ccc(Cl)cc2)c1F. The first kappa shape index (κ1) is 19.2. The van der Waals surface area contributed by atoms with E-state index in [1.54, 1.807) is 37.4 Å². The third kappa shape index (κ3) is 4.57. The zero-order chi connectivity index (χ0) is 19.4. The first-order valence-corrected chi connectivity index (χ1v) is 9.03. The molecule has 0 amide bonds. The van der Waals surface area contributed by atoms with E-state index in [9.17, 15) is 9.18 Å².